The maximum absolute atomic E-state index is 10.5. The SMILES string of the molecule is CCOC1O[C@H]([C@@H](COCc2ccccc2)OCc2ccccc2)[C@H](OC)[C@H]1O. The van der Waals surface area contributed by atoms with Gasteiger partial charge in [0.1, 0.15) is 24.4 Å². The molecule has 1 unspecified atom stereocenters. The van der Waals surface area contributed by atoms with Crippen LogP contribution in [-0.2, 0) is 36.9 Å². The average molecular weight is 402 g/mol. The molecule has 1 aliphatic heterocycles. The maximum atomic E-state index is 10.5. The third-order valence-corrected chi connectivity index (χ3v) is 4.90. The molecule has 2 aromatic carbocycles. The third-order valence-electron chi connectivity index (χ3n) is 4.90. The summed E-state index contributed by atoms with van der Waals surface area (Å²) in [5, 5.41) is 10.5. The van der Waals surface area contributed by atoms with E-state index in [4.69, 9.17) is 23.7 Å². The molecule has 1 saturated heterocycles. The van der Waals surface area contributed by atoms with E-state index in [9.17, 15) is 5.11 Å². The number of methoxy groups -OCH3 is 1. The lowest BCUT2D eigenvalue weighted by Crippen LogP contribution is -2.43. The van der Waals surface area contributed by atoms with Gasteiger partial charge in [0.05, 0.1) is 19.8 Å². The first kappa shape index (κ1) is 21.9. The Balaban J connectivity index is 1.66. The number of aliphatic hydroxyl groups is 1. The molecule has 0 aliphatic carbocycles. The highest BCUT2D eigenvalue weighted by Crippen LogP contribution is 2.29. The number of benzene rings is 2. The van der Waals surface area contributed by atoms with Crippen molar-refractivity contribution < 1.29 is 28.8 Å². The van der Waals surface area contributed by atoms with Gasteiger partial charge in [0, 0.05) is 13.7 Å². The molecule has 3 rings (SSSR count). The summed E-state index contributed by atoms with van der Waals surface area (Å²) >= 11 is 0. The Labute approximate surface area is 172 Å². The second-order valence-corrected chi connectivity index (χ2v) is 6.95. The van der Waals surface area contributed by atoms with Gasteiger partial charge in [-0.3, -0.25) is 0 Å². The van der Waals surface area contributed by atoms with E-state index in [2.05, 4.69) is 0 Å². The summed E-state index contributed by atoms with van der Waals surface area (Å²) in [7, 11) is 1.55. The van der Waals surface area contributed by atoms with E-state index in [1.54, 1.807) is 7.11 Å². The summed E-state index contributed by atoms with van der Waals surface area (Å²) in [5.74, 6) is 0. The van der Waals surface area contributed by atoms with Crippen molar-refractivity contribution in [3.05, 3.63) is 71.8 Å². The van der Waals surface area contributed by atoms with Crippen molar-refractivity contribution in [2.45, 2.75) is 50.8 Å². The van der Waals surface area contributed by atoms with E-state index in [1.165, 1.54) is 0 Å². The van der Waals surface area contributed by atoms with Crippen molar-refractivity contribution in [3.8, 4) is 0 Å². The van der Waals surface area contributed by atoms with Gasteiger partial charge in [-0.25, -0.2) is 0 Å². The van der Waals surface area contributed by atoms with Crippen molar-refractivity contribution in [2.75, 3.05) is 20.3 Å². The monoisotopic (exact) mass is 402 g/mol. The van der Waals surface area contributed by atoms with Gasteiger partial charge in [0.2, 0.25) is 0 Å². The van der Waals surface area contributed by atoms with Gasteiger partial charge in [-0.2, -0.15) is 0 Å². The number of hydrogen-bond acceptors (Lipinski definition) is 6. The lowest BCUT2D eigenvalue weighted by Gasteiger charge is -2.27. The Kier molecular flexibility index (Phi) is 8.61. The molecule has 0 saturated carbocycles. The molecule has 29 heavy (non-hydrogen) atoms. The van der Waals surface area contributed by atoms with Gasteiger partial charge in [-0.15, -0.1) is 0 Å². The zero-order valence-electron chi connectivity index (χ0n) is 17.0. The van der Waals surface area contributed by atoms with E-state index in [0.717, 1.165) is 11.1 Å². The molecular weight excluding hydrogens is 372 g/mol. The highest BCUT2D eigenvalue weighted by atomic mass is 16.7. The van der Waals surface area contributed by atoms with Crippen LogP contribution in [0.3, 0.4) is 0 Å². The van der Waals surface area contributed by atoms with Gasteiger partial charge in [-0.05, 0) is 18.1 Å². The lowest BCUT2D eigenvalue weighted by atomic mass is 10.1. The molecule has 0 bridgehead atoms. The topological polar surface area (TPSA) is 66.4 Å². The van der Waals surface area contributed by atoms with Crippen molar-refractivity contribution in [2.24, 2.45) is 0 Å². The molecule has 1 N–H and O–H groups in total. The van der Waals surface area contributed by atoms with Crippen LogP contribution in [0.5, 0.6) is 0 Å². The van der Waals surface area contributed by atoms with E-state index in [-0.39, 0.29) is 0 Å². The van der Waals surface area contributed by atoms with Crippen LogP contribution in [0.2, 0.25) is 0 Å². The van der Waals surface area contributed by atoms with Crippen molar-refractivity contribution in [3.63, 3.8) is 0 Å². The molecule has 0 radical (unpaired) electrons. The lowest BCUT2D eigenvalue weighted by molar-refractivity contribution is -0.189. The molecule has 1 aliphatic rings. The van der Waals surface area contributed by atoms with Crippen LogP contribution in [0.15, 0.2) is 60.7 Å². The second kappa shape index (κ2) is 11.4. The first-order chi connectivity index (χ1) is 14.2. The largest absolute Gasteiger partial charge is 0.385 e. The molecule has 6 nitrogen and oxygen atoms in total. The fourth-order valence-electron chi connectivity index (χ4n) is 3.42. The predicted octanol–water partition coefficient (Wildman–Crippen LogP) is 2.93. The third kappa shape index (κ3) is 6.09. The highest BCUT2D eigenvalue weighted by molar-refractivity contribution is 5.14. The fourth-order valence-corrected chi connectivity index (χ4v) is 3.42. The second-order valence-electron chi connectivity index (χ2n) is 6.95. The molecule has 6 heteroatoms. The molecule has 0 amide bonds. The molecule has 0 aromatic heterocycles. The zero-order chi connectivity index (χ0) is 20.5. The Hall–Kier alpha value is -1.80. The Bertz CT molecular complexity index is 695. The first-order valence-electron chi connectivity index (χ1n) is 9.98. The molecule has 158 valence electrons. The number of hydrogen-bond donors (Lipinski definition) is 1. The van der Waals surface area contributed by atoms with Crippen molar-refractivity contribution >= 4 is 0 Å². The Morgan fingerprint density at radius 3 is 2.17 bits per heavy atom. The summed E-state index contributed by atoms with van der Waals surface area (Å²) in [4.78, 5) is 0. The van der Waals surface area contributed by atoms with Crippen LogP contribution in [0.4, 0.5) is 0 Å². The molecule has 5 atom stereocenters. The Morgan fingerprint density at radius 1 is 0.966 bits per heavy atom. The summed E-state index contributed by atoms with van der Waals surface area (Å²) in [6.07, 6.45) is -3.13. The maximum Gasteiger partial charge on any atom is 0.186 e. The van der Waals surface area contributed by atoms with Crippen LogP contribution < -0.4 is 0 Å². The van der Waals surface area contributed by atoms with Gasteiger partial charge in [-0.1, -0.05) is 60.7 Å². The van der Waals surface area contributed by atoms with E-state index in [0.29, 0.717) is 26.4 Å². The molecule has 1 fully saturated rings. The minimum atomic E-state index is -0.887. The van der Waals surface area contributed by atoms with E-state index in [1.807, 2.05) is 67.6 Å². The number of ether oxygens (including phenoxy) is 5. The minimum absolute atomic E-state index is 0.303. The summed E-state index contributed by atoms with van der Waals surface area (Å²) in [6.45, 7) is 3.47. The van der Waals surface area contributed by atoms with Gasteiger partial charge in [0.25, 0.3) is 0 Å². The summed E-state index contributed by atoms with van der Waals surface area (Å²) < 4.78 is 29.1. The van der Waals surface area contributed by atoms with Gasteiger partial charge in [0.15, 0.2) is 6.29 Å². The van der Waals surface area contributed by atoms with Gasteiger partial charge < -0.3 is 28.8 Å². The molecule has 1 heterocycles. The zero-order valence-corrected chi connectivity index (χ0v) is 17.0. The van der Waals surface area contributed by atoms with Crippen molar-refractivity contribution in [1.29, 1.82) is 0 Å². The van der Waals surface area contributed by atoms with Crippen LogP contribution in [0, 0.1) is 0 Å². The van der Waals surface area contributed by atoms with Crippen molar-refractivity contribution in [1.82, 2.24) is 0 Å². The molecule has 2 aromatic rings. The number of aliphatic hydroxyl groups excluding tert-OH is 1. The molecular formula is C23H30O6. The predicted molar refractivity (Wildman–Crippen MR) is 108 cm³/mol. The van der Waals surface area contributed by atoms with E-state index >= 15 is 0 Å². The van der Waals surface area contributed by atoms with Crippen LogP contribution in [-0.4, -0.2) is 56.1 Å². The van der Waals surface area contributed by atoms with Gasteiger partial charge >= 0.3 is 0 Å². The first-order valence-corrected chi connectivity index (χ1v) is 9.98. The minimum Gasteiger partial charge on any atom is -0.385 e. The Morgan fingerprint density at radius 2 is 1.59 bits per heavy atom. The summed E-state index contributed by atoms with van der Waals surface area (Å²) in [6, 6.07) is 19.9. The smallest absolute Gasteiger partial charge is 0.186 e. The quantitative estimate of drug-likeness (QED) is 0.623. The normalized spacial score (nSPS) is 25.2. The van der Waals surface area contributed by atoms with Crippen LogP contribution in [0.1, 0.15) is 18.1 Å². The van der Waals surface area contributed by atoms with E-state index < -0.39 is 30.7 Å². The standard InChI is InChI=1S/C23H30O6/c1-3-27-23-20(24)22(25-2)21(29-23)19(28-15-18-12-8-5-9-13-18)16-26-14-17-10-6-4-7-11-17/h4-13,19-24H,3,14-16H2,1-2H3/t19-,20-,21-,22-,23?/m1/s1. The molecule has 0 spiro atoms. The van der Waals surface area contributed by atoms with Crippen LogP contribution >= 0.6 is 0 Å². The average Bonchev–Trinajstić information content (AvgIpc) is 3.07. The summed E-state index contributed by atoms with van der Waals surface area (Å²) in [5.41, 5.74) is 2.13. The van der Waals surface area contributed by atoms with Crippen LogP contribution in [0.25, 0.3) is 0 Å². The fraction of sp³-hybridized carbons (Fsp3) is 0.478. The highest BCUT2D eigenvalue weighted by Gasteiger charge is 2.48. The number of rotatable bonds is 11.